The largest absolute Gasteiger partial charge is 0.493 e. The molecule has 0 radical (unpaired) electrons. The topological polar surface area (TPSA) is 35.8 Å². The summed E-state index contributed by atoms with van der Waals surface area (Å²) in [5, 5.41) is 0. The van der Waals surface area contributed by atoms with Crippen molar-refractivity contribution in [2.75, 3.05) is 7.11 Å². The number of methoxy groups -OCH3 is 1. The molecule has 0 aliphatic heterocycles. The summed E-state index contributed by atoms with van der Waals surface area (Å²) < 4.78 is 13.5. The molecule has 2 aromatic heterocycles. The molecular weight excluding hydrogens is 324 g/mol. The highest BCUT2D eigenvalue weighted by Crippen LogP contribution is 2.32. The lowest BCUT2D eigenvalue weighted by molar-refractivity contribution is 0.284. The average Bonchev–Trinajstić information content (AvgIpc) is 3.11. The number of pyridine rings is 1. The minimum atomic E-state index is 0.504. The molecule has 4 nitrogen and oxygen atoms in total. The number of fused-ring (bicyclic) bond motifs is 1. The number of imidazole rings is 1. The van der Waals surface area contributed by atoms with Gasteiger partial charge in [0.25, 0.3) is 0 Å². The van der Waals surface area contributed by atoms with Crippen molar-refractivity contribution in [1.29, 1.82) is 0 Å². The summed E-state index contributed by atoms with van der Waals surface area (Å²) >= 11 is 0. The van der Waals surface area contributed by atoms with Gasteiger partial charge in [0.1, 0.15) is 12.3 Å². The summed E-state index contributed by atoms with van der Waals surface area (Å²) in [6.07, 6.45) is 4.00. The molecule has 0 spiro atoms. The molecule has 4 aromatic rings. The Morgan fingerprint density at radius 1 is 0.962 bits per heavy atom. The number of hydrogen-bond acceptors (Lipinski definition) is 3. The Balaban J connectivity index is 1.58. The van der Waals surface area contributed by atoms with Gasteiger partial charge in [-0.25, -0.2) is 4.98 Å². The Bertz CT molecular complexity index is 1000. The molecule has 0 N–H and O–H groups in total. The van der Waals surface area contributed by atoms with Gasteiger partial charge in [-0.3, -0.25) is 0 Å². The Labute approximate surface area is 152 Å². The number of nitrogens with zero attached hydrogens (tertiary/aromatic N) is 2. The van der Waals surface area contributed by atoms with Crippen LogP contribution >= 0.6 is 0 Å². The van der Waals surface area contributed by atoms with E-state index < -0.39 is 0 Å². The van der Waals surface area contributed by atoms with E-state index in [2.05, 4.69) is 36.2 Å². The second-order valence-corrected chi connectivity index (χ2v) is 6.23. The molecule has 0 saturated heterocycles. The lowest BCUT2D eigenvalue weighted by Gasteiger charge is -2.12. The average molecular weight is 344 g/mol. The molecule has 2 aromatic carbocycles. The molecule has 0 bridgehead atoms. The predicted octanol–water partition coefficient (Wildman–Crippen LogP) is 4.90. The molecule has 0 saturated carbocycles. The van der Waals surface area contributed by atoms with Gasteiger partial charge in [0.05, 0.1) is 12.8 Å². The summed E-state index contributed by atoms with van der Waals surface area (Å²) in [6, 6.07) is 20.2. The molecular formula is C22H20N2O2. The van der Waals surface area contributed by atoms with E-state index in [-0.39, 0.29) is 0 Å². The molecule has 4 rings (SSSR count). The van der Waals surface area contributed by atoms with Crippen molar-refractivity contribution < 1.29 is 9.47 Å². The van der Waals surface area contributed by atoms with E-state index in [0.717, 1.165) is 28.2 Å². The van der Waals surface area contributed by atoms with Gasteiger partial charge in [-0.05, 0) is 42.8 Å². The molecule has 0 aliphatic rings. The van der Waals surface area contributed by atoms with Gasteiger partial charge in [0.2, 0.25) is 0 Å². The summed E-state index contributed by atoms with van der Waals surface area (Å²) in [5.74, 6) is 1.42. The zero-order valence-corrected chi connectivity index (χ0v) is 14.8. The Morgan fingerprint density at radius 3 is 2.58 bits per heavy atom. The maximum Gasteiger partial charge on any atom is 0.161 e. The van der Waals surface area contributed by atoms with Gasteiger partial charge in [-0.1, -0.05) is 35.9 Å². The van der Waals surface area contributed by atoms with Gasteiger partial charge in [0.15, 0.2) is 11.5 Å². The van der Waals surface area contributed by atoms with E-state index in [4.69, 9.17) is 9.47 Å². The molecule has 130 valence electrons. The van der Waals surface area contributed by atoms with Crippen LogP contribution in [0.25, 0.3) is 16.9 Å². The summed E-state index contributed by atoms with van der Waals surface area (Å²) in [6.45, 7) is 2.58. The first-order valence-corrected chi connectivity index (χ1v) is 8.53. The third-order valence-electron chi connectivity index (χ3n) is 4.34. The van der Waals surface area contributed by atoms with Crippen molar-refractivity contribution in [2.45, 2.75) is 13.5 Å². The van der Waals surface area contributed by atoms with E-state index in [1.54, 1.807) is 7.11 Å². The van der Waals surface area contributed by atoms with E-state index in [0.29, 0.717) is 12.4 Å². The molecule has 26 heavy (non-hydrogen) atoms. The van der Waals surface area contributed by atoms with Crippen molar-refractivity contribution in [1.82, 2.24) is 9.38 Å². The van der Waals surface area contributed by atoms with Crippen molar-refractivity contribution in [3.63, 3.8) is 0 Å². The number of aromatic nitrogens is 2. The summed E-state index contributed by atoms with van der Waals surface area (Å²) in [7, 11) is 1.65. The summed E-state index contributed by atoms with van der Waals surface area (Å²) in [4.78, 5) is 4.66. The van der Waals surface area contributed by atoms with Crippen molar-refractivity contribution in [3.05, 3.63) is 84.2 Å². The highest BCUT2D eigenvalue weighted by atomic mass is 16.5. The first-order chi connectivity index (χ1) is 12.7. The van der Waals surface area contributed by atoms with Crippen LogP contribution in [0.3, 0.4) is 0 Å². The summed E-state index contributed by atoms with van der Waals surface area (Å²) in [5.41, 5.74) is 5.18. The van der Waals surface area contributed by atoms with Crippen LogP contribution < -0.4 is 9.47 Å². The molecule has 4 heteroatoms. The van der Waals surface area contributed by atoms with E-state index in [9.17, 15) is 0 Å². The van der Waals surface area contributed by atoms with Crippen LogP contribution in [0.5, 0.6) is 11.5 Å². The predicted molar refractivity (Wildman–Crippen MR) is 103 cm³/mol. The standard InChI is InChI=1S/C22H20N2O2/c1-16-6-8-17(9-7-16)15-26-20-11-10-18(13-21(20)25-2)19-14-24-12-4-3-5-22(24)23-19/h3-14H,15H2,1-2H3. The van der Waals surface area contributed by atoms with E-state index in [1.165, 1.54) is 5.56 Å². The third kappa shape index (κ3) is 3.26. The first-order valence-electron chi connectivity index (χ1n) is 8.53. The van der Waals surface area contributed by atoms with Gasteiger partial charge < -0.3 is 13.9 Å². The highest BCUT2D eigenvalue weighted by molar-refractivity contribution is 5.66. The van der Waals surface area contributed by atoms with Crippen LogP contribution in [0.2, 0.25) is 0 Å². The molecule has 2 heterocycles. The Kier molecular flexibility index (Phi) is 4.32. The van der Waals surface area contributed by atoms with Gasteiger partial charge in [-0.15, -0.1) is 0 Å². The van der Waals surface area contributed by atoms with Gasteiger partial charge in [0, 0.05) is 18.0 Å². The smallest absolute Gasteiger partial charge is 0.161 e. The molecule has 0 aliphatic carbocycles. The van der Waals surface area contributed by atoms with Crippen LogP contribution in [0.4, 0.5) is 0 Å². The van der Waals surface area contributed by atoms with Gasteiger partial charge in [-0.2, -0.15) is 0 Å². The van der Waals surface area contributed by atoms with Crippen LogP contribution in [0, 0.1) is 6.92 Å². The first kappa shape index (κ1) is 16.2. The van der Waals surface area contributed by atoms with E-state index >= 15 is 0 Å². The van der Waals surface area contributed by atoms with Crippen LogP contribution in [-0.4, -0.2) is 16.5 Å². The quantitative estimate of drug-likeness (QED) is 0.517. The van der Waals surface area contributed by atoms with E-state index in [1.807, 2.05) is 53.2 Å². The molecule has 0 amide bonds. The van der Waals surface area contributed by atoms with Gasteiger partial charge >= 0.3 is 0 Å². The zero-order chi connectivity index (χ0) is 17.9. The maximum absolute atomic E-state index is 5.95. The maximum atomic E-state index is 5.95. The Hall–Kier alpha value is -3.27. The lowest BCUT2D eigenvalue weighted by atomic mass is 10.1. The second-order valence-electron chi connectivity index (χ2n) is 6.23. The zero-order valence-electron chi connectivity index (χ0n) is 14.8. The van der Waals surface area contributed by atoms with Crippen LogP contribution in [0.1, 0.15) is 11.1 Å². The fourth-order valence-corrected chi connectivity index (χ4v) is 2.87. The van der Waals surface area contributed by atoms with Crippen molar-refractivity contribution in [2.24, 2.45) is 0 Å². The van der Waals surface area contributed by atoms with Crippen LogP contribution in [-0.2, 0) is 6.61 Å². The minimum absolute atomic E-state index is 0.504. The molecule has 0 fully saturated rings. The monoisotopic (exact) mass is 344 g/mol. The Morgan fingerprint density at radius 2 is 1.81 bits per heavy atom. The number of aryl methyl sites for hydroxylation is 1. The molecule has 0 atom stereocenters. The van der Waals surface area contributed by atoms with Crippen LogP contribution in [0.15, 0.2) is 73.1 Å². The number of rotatable bonds is 5. The highest BCUT2D eigenvalue weighted by Gasteiger charge is 2.10. The second kappa shape index (κ2) is 6.92. The number of ether oxygens (including phenoxy) is 2. The normalized spacial score (nSPS) is 10.8. The number of benzene rings is 2. The SMILES string of the molecule is COc1cc(-c2cn3ccccc3n2)ccc1OCc1ccc(C)cc1. The lowest BCUT2D eigenvalue weighted by Crippen LogP contribution is -1.98. The van der Waals surface area contributed by atoms with Crippen molar-refractivity contribution in [3.8, 4) is 22.8 Å². The third-order valence-corrected chi connectivity index (χ3v) is 4.34. The fraction of sp³-hybridized carbons (Fsp3) is 0.136. The van der Waals surface area contributed by atoms with Crippen molar-refractivity contribution >= 4 is 5.65 Å². The fourth-order valence-electron chi connectivity index (χ4n) is 2.87. The number of hydrogen-bond donors (Lipinski definition) is 0. The minimum Gasteiger partial charge on any atom is -0.493 e. The molecule has 0 unspecified atom stereocenters.